The van der Waals surface area contributed by atoms with Gasteiger partial charge in [-0.2, -0.15) is 0 Å². The molecule has 9 nitrogen and oxygen atoms in total. The highest BCUT2D eigenvalue weighted by atomic mass is 16.7. The zero-order valence-corrected chi connectivity index (χ0v) is 26.1. The van der Waals surface area contributed by atoms with Crippen LogP contribution in [0.3, 0.4) is 0 Å². The van der Waals surface area contributed by atoms with Gasteiger partial charge in [-0.1, -0.05) is 72.8 Å². The second-order valence-electron chi connectivity index (χ2n) is 12.0. The summed E-state index contributed by atoms with van der Waals surface area (Å²) in [4.78, 5) is 24.1. The van der Waals surface area contributed by atoms with Crippen LogP contribution in [0.15, 0.2) is 103 Å². The summed E-state index contributed by atoms with van der Waals surface area (Å²) >= 11 is 0. The van der Waals surface area contributed by atoms with Crippen LogP contribution >= 0.6 is 0 Å². The number of carbonyl (C=O) groups excluding carboxylic acids is 1. The lowest BCUT2D eigenvalue weighted by atomic mass is 9.98. The largest absolute Gasteiger partial charge is 0.392 e. The van der Waals surface area contributed by atoms with Crippen LogP contribution in [0.1, 0.15) is 51.6 Å². The summed E-state index contributed by atoms with van der Waals surface area (Å²) in [5.41, 5.74) is 7.64. The van der Waals surface area contributed by atoms with Gasteiger partial charge in [0.2, 0.25) is 0 Å². The van der Waals surface area contributed by atoms with Crippen molar-refractivity contribution in [2.24, 2.45) is 0 Å². The number of morpholine rings is 1. The van der Waals surface area contributed by atoms with Crippen molar-refractivity contribution in [2.45, 2.75) is 38.1 Å². The standard InChI is InChI=1S/C38H38N4O5/c43-25-26-11-13-28(14-12-26)36-21-32(24-42-15-17-45-18-16-42)46-38(47-36)31-8-4-7-30(20-31)29-6-3-5-27(19-29)22-40-37(44)35-23-39-33-9-1-2-10-34(33)41-35/h1-14,19-20,23,32,36,38,43H,15-18,21-22,24-25H2,(H,40,44)/t32-,36+,38+/m0/s1. The van der Waals surface area contributed by atoms with Gasteiger partial charge in [-0.3, -0.25) is 14.7 Å². The Labute approximate surface area is 274 Å². The number of nitrogens with one attached hydrogen (secondary N) is 1. The van der Waals surface area contributed by atoms with E-state index in [1.165, 1.54) is 6.20 Å². The highest BCUT2D eigenvalue weighted by Crippen LogP contribution is 2.39. The molecule has 0 aliphatic carbocycles. The minimum Gasteiger partial charge on any atom is -0.392 e. The molecule has 0 radical (unpaired) electrons. The van der Waals surface area contributed by atoms with Crippen LogP contribution in [0.25, 0.3) is 22.2 Å². The minimum absolute atomic E-state index is 0.0106. The van der Waals surface area contributed by atoms with E-state index >= 15 is 0 Å². The Hall–Kier alpha value is -4.51. The summed E-state index contributed by atoms with van der Waals surface area (Å²) < 4.78 is 18.8. The molecule has 3 heterocycles. The fourth-order valence-electron chi connectivity index (χ4n) is 6.17. The Morgan fingerprint density at radius 2 is 1.60 bits per heavy atom. The first-order chi connectivity index (χ1) is 23.1. The first kappa shape index (κ1) is 31.1. The fourth-order valence-corrected chi connectivity index (χ4v) is 6.17. The van der Waals surface area contributed by atoms with E-state index in [9.17, 15) is 9.90 Å². The van der Waals surface area contributed by atoms with Gasteiger partial charge in [0.15, 0.2) is 6.29 Å². The molecule has 3 atom stereocenters. The van der Waals surface area contributed by atoms with E-state index in [4.69, 9.17) is 14.2 Å². The van der Waals surface area contributed by atoms with Crippen molar-refractivity contribution in [3.63, 3.8) is 0 Å². The number of hydrogen-bond donors (Lipinski definition) is 2. The van der Waals surface area contributed by atoms with Crippen LogP contribution in [0.4, 0.5) is 0 Å². The van der Waals surface area contributed by atoms with E-state index in [1.54, 1.807) is 0 Å². The van der Waals surface area contributed by atoms with Crippen molar-refractivity contribution >= 4 is 16.9 Å². The number of amides is 1. The molecular formula is C38H38N4O5. The van der Waals surface area contributed by atoms with Crippen LogP contribution in [-0.4, -0.2) is 64.8 Å². The van der Waals surface area contributed by atoms with Crippen molar-refractivity contribution in [1.82, 2.24) is 20.2 Å². The third-order valence-electron chi connectivity index (χ3n) is 8.73. The van der Waals surface area contributed by atoms with E-state index in [1.807, 2.05) is 72.8 Å². The third kappa shape index (κ3) is 7.56. The molecule has 2 aliphatic heterocycles. The molecule has 2 fully saturated rings. The zero-order valence-electron chi connectivity index (χ0n) is 26.1. The summed E-state index contributed by atoms with van der Waals surface area (Å²) in [6, 6.07) is 31.9. The van der Waals surface area contributed by atoms with Crippen molar-refractivity contribution < 1.29 is 24.1 Å². The number of hydrogen-bond acceptors (Lipinski definition) is 8. The van der Waals surface area contributed by atoms with Gasteiger partial charge >= 0.3 is 0 Å². The van der Waals surface area contributed by atoms with Crippen molar-refractivity contribution in [3.05, 3.63) is 131 Å². The molecule has 1 amide bonds. The van der Waals surface area contributed by atoms with E-state index in [-0.39, 0.29) is 30.4 Å². The zero-order chi connectivity index (χ0) is 32.0. The maximum absolute atomic E-state index is 12.9. The highest BCUT2D eigenvalue weighted by molar-refractivity contribution is 5.93. The lowest BCUT2D eigenvalue weighted by molar-refractivity contribution is -0.253. The number of para-hydroxylation sites is 2. The van der Waals surface area contributed by atoms with Gasteiger partial charge in [0, 0.05) is 38.2 Å². The number of ether oxygens (including phenoxy) is 3. The van der Waals surface area contributed by atoms with Crippen molar-refractivity contribution in [1.29, 1.82) is 0 Å². The molecule has 9 heteroatoms. The molecule has 0 bridgehead atoms. The summed E-state index contributed by atoms with van der Waals surface area (Å²) in [6.45, 7) is 4.44. The predicted molar refractivity (Wildman–Crippen MR) is 178 cm³/mol. The molecule has 2 saturated heterocycles. The van der Waals surface area contributed by atoms with Gasteiger partial charge in [-0.05, 0) is 52.1 Å². The molecule has 2 aliphatic rings. The lowest BCUT2D eigenvalue weighted by Gasteiger charge is -2.39. The van der Waals surface area contributed by atoms with Crippen LogP contribution in [0.2, 0.25) is 0 Å². The Morgan fingerprint density at radius 3 is 2.40 bits per heavy atom. The number of aliphatic hydroxyl groups excluding tert-OH is 1. The quantitative estimate of drug-likeness (QED) is 0.217. The minimum atomic E-state index is -0.539. The topological polar surface area (TPSA) is 106 Å². The van der Waals surface area contributed by atoms with Crippen LogP contribution in [0.5, 0.6) is 0 Å². The van der Waals surface area contributed by atoms with Gasteiger partial charge < -0.3 is 24.6 Å². The van der Waals surface area contributed by atoms with E-state index in [2.05, 4.69) is 44.5 Å². The second-order valence-corrected chi connectivity index (χ2v) is 12.0. The average Bonchev–Trinajstić information content (AvgIpc) is 3.14. The van der Waals surface area contributed by atoms with Crippen LogP contribution in [-0.2, 0) is 27.4 Å². The Balaban J connectivity index is 1.07. The summed E-state index contributed by atoms with van der Waals surface area (Å²) in [6.07, 6.45) is 1.55. The molecule has 0 unspecified atom stereocenters. The molecule has 1 aromatic heterocycles. The molecule has 47 heavy (non-hydrogen) atoms. The summed E-state index contributed by atoms with van der Waals surface area (Å²) in [7, 11) is 0. The van der Waals surface area contributed by atoms with Crippen molar-refractivity contribution in [2.75, 3.05) is 32.8 Å². The van der Waals surface area contributed by atoms with E-state index in [0.717, 1.165) is 78.2 Å². The second kappa shape index (κ2) is 14.5. The van der Waals surface area contributed by atoms with Gasteiger partial charge in [0.1, 0.15) is 5.69 Å². The molecule has 240 valence electrons. The monoisotopic (exact) mass is 630 g/mol. The number of fused-ring (bicyclic) bond motifs is 1. The maximum Gasteiger partial charge on any atom is 0.271 e. The summed E-state index contributed by atoms with van der Waals surface area (Å²) in [5.74, 6) is -0.269. The lowest BCUT2D eigenvalue weighted by Crippen LogP contribution is -2.44. The Kier molecular flexibility index (Phi) is 9.60. The van der Waals surface area contributed by atoms with E-state index in [0.29, 0.717) is 12.1 Å². The molecular weight excluding hydrogens is 592 g/mol. The number of nitrogens with zero attached hydrogens (tertiary/aromatic N) is 3. The number of aliphatic hydroxyl groups is 1. The average molecular weight is 631 g/mol. The Bertz CT molecular complexity index is 1830. The van der Waals surface area contributed by atoms with Gasteiger partial charge in [-0.25, -0.2) is 4.98 Å². The fraction of sp³-hybridized carbons (Fsp3) is 0.289. The first-order valence-electron chi connectivity index (χ1n) is 16.1. The van der Waals surface area contributed by atoms with Crippen molar-refractivity contribution in [3.8, 4) is 11.1 Å². The SMILES string of the molecule is O=C(NCc1cccc(-c2cccc([C@@H]3O[C@H](CN4CCOCC4)C[C@H](c4ccc(CO)cc4)O3)c2)c1)c1cnc2ccccc2n1. The predicted octanol–water partition coefficient (Wildman–Crippen LogP) is 5.60. The molecule has 2 N–H and O–H groups in total. The molecule has 7 rings (SSSR count). The third-order valence-corrected chi connectivity index (χ3v) is 8.73. The maximum atomic E-state index is 12.9. The number of benzene rings is 4. The smallest absolute Gasteiger partial charge is 0.271 e. The van der Waals surface area contributed by atoms with E-state index < -0.39 is 6.29 Å². The number of rotatable bonds is 9. The molecule has 4 aromatic carbocycles. The van der Waals surface area contributed by atoms with Gasteiger partial charge in [-0.15, -0.1) is 0 Å². The number of aromatic nitrogens is 2. The van der Waals surface area contributed by atoms with Crippen LogP contribution < -0.4 is 5.32 Å². The summed E-state index contributed by atoms with van der Waals surface area (Å²) in [5, 5.41) is 12.5. The van der Waals surface area contributed by atoms with Gasteiger partial charge in [0.05, 0.1) is 49.3 Å². The normalized spacial score (nSPS) is 20.2. The Morgan fingerprint density at radius 1 is 0.830 bits per heavy atom. The molecule has 0 saturated carbocycles. The molecule has 0 spiro atoms. The highest BCUT2D eigenvalue weighted by Gasteiger charge is 2.33. The first-order valence-corrected chi connectivity index (χ1v) is 16.1. The van der Waals surface area contributed by atoms with Crippen LogP contribution in [0, 0.1) is 0 Å². The van der Waals surface area contributed by atoms with Gasteiger partial charge in [0.25, 0.3) is 5.91 Å². The number of carbonyl (C=O) groups is 1. The molecule has 5 aromatic rings.